The van der Waals surface area contributed by atoms with Crippen LogP contribution in [0.1, 0.15) is 50.1 Å². The Morgan fingerprint density at radius 3 is 2.59 bits per heavy atom. The molecule has 11 nitrogen and oxygen atoms in total. The van der Waals surface area contributed by atoms with Crippen LogP contribution in [-0.2, 0) is 20.7 Å². The van der Waals surface area contributed by atoms with Gasteiger partial charge in [0.1, 0.15) is 18.2 Å². The number of alkyl carbamates (subject to hydrolysis) is 1. The van der Waals surface area contributed by atoms with Gasteiger partial charge in [-0.15, -0.1) is 0 Å². The number of nitrogens with one attached hydrogen (secondary N) is 2. The lowest BCUT2D eigenvalue weighted by molar-refractivity contribution is -0.160. The molecule has 3 aliphatic heterocycles. The van der Waals surface area contributed by atoms with E-state index in [0.29, 0.717) is 37.6 Å². The Hall–Kier alpha value is -4.25. The fourth-order valence-electron chi connectivity index (χ4n) is 6.86. The molecule has 0 saturated carbocycles. The first-order chi connectivity index (χ1) is 21.1. The van der Waals surface area contributed by atoms with E-state index in [1.54, 1.807) is 24.0 Å². The molecular formula is C33H41N5O6. The van der Waals surface area contributed by atoms with Gasteiger partial charge in [-0.05, 0) is 56.5 Å². The highest BCUT2D eigenvalue weighted by molar-refractivity contribution is 5.98. The van der Waals surface area contributed by atoms with Crippen LogP contribution in [0.4, 0.5) is 4.79 Å². The van der Waals surface area contributed by atoms with Crippen LogP contribution in [0.2, 0.25) is 0 Å². The molecule has 6 rings (SSSR count). The molecule has 1 aromatic heterocycles. The van der Waals surface area contributed by atoms with Gasteiger partial charge in [-0.1, -0.05) is 24.3 Å². The summed E-state index contributed by atoms with van der Waals surface area (Å²) in [5.41, 5.74) is 3.26. The number of hydrogen-bond acceptors (Lipinski definition) is 7. The molecule has 3 aromatic rings. The number of piperazine rings is 1. The van der Waals surface area contributed by atoms with Crippen LogP contribution in [0, 0.1) is 0 Å². The van der Waals surface area contributed by atoms with E-state index in [4.69, 9.17) is 14.2 Å². The molecule has 2 aromatic carbocycles. The molecule has 44 heavy (non-hydrogen) atoms. The highest BCUT2D eigenvalue weighted by Crippen LogP contribution is 2.44. The molecule has 4 heterocycles. The largest absolute Gasteiger partial charge is 0.493 e. The first-order valence-electron chi connectivity index (χ1n) is 15.2. The van der Waals surface area contributed by atoms with Gasteiger partial charge >= 0.3 is 6.09 Å². The van der Waals surface area contributed by atoms with Crippen molar-refractivity contribution >= 4 is 28.8 Å². The minimum atomic E-state index is -0.621. The van der Waals surface area contributed by atoms with Gasteiger partial charge in [0.15, 0.2) is 11.5 Å². The van der Waals surface area contributed by atoms with Gasteiger partial charge in [0.2, 0.25) is 11.8 Å². The number of fused-ring (bicyclic) bond motifs is 4. The van der Waals surface area contributed by atoms with Crippen molar-refractivity contribution in [3.8, 4) is 11.5 Å². The number of amides is 3. The van der Waals surface area contributed by atoms with Gasteiger partial charge in [0, 0.05) is 55.2 Å². The predicted molar refractivity (Wildman–Crippen MR) is 165 cm³/mol. The van der Waals surface area contributed by atoms with Crippen LogP contribution < -0.4 is 14.8 Å². The summed E-state index contributed by atoms with van der Waals surface area (Å²) in [6.45, 7) is 8.05. The molecule has 0 radical (unpaired) electrons. The number of hydrogen-bond donors (Lipinski definition) is 2. The molecule has 0 spiro atoms. The summed E-state index contributed by atoms with van der Waals surface area (Å²) in [6, 6.07) is 12.6. The normalized spacial score (nSPS) is 22.2. The Bertz CT molecular complexity index is 1580. The number of nitrogens with zero attached hydrogens (tertiary/aromatic N) is 3. The van der Waals surface area contributed by atoms with Crippen LogP contribution in [-0.4, -0.2) is 102 Å². The van der Waals surface area contributed by atoms with Crippen molar-refractivity contribution in [1.82, 2.24) is 25.0 Å². The molecule has 0 aliphatic carbocycles. The lowest BCUT2D eigenvalue weighted by Gasteiger charge is -2.48. The van der Waals surface area contributed by atoms with Crippen molar-refractivity contribution in [3.05, 3.63) is 59.3 Å². The van der Waals surface area contributed by atoms with Gasteiger partial charge < -0.3 is 34.3 Å². The smallest absolute Gasteiger partial charge is 0.407 e. The van der Waals surface area contributed by atoms with Crippen LogP contribution in [0.5, 0.6) is 11.5 Å². The second-order valence-corrected chi connectivity index (χ2v) is 12.7. The summed E-state index contributed by atoms with van der Waals surface area (Å²) in [4.78, 5) is 49.7. The number of carbonyl (C=O) groups excluding carboxylic acids is 3. The molecule has 3 amide bonds. The maximum absolute atomic E-state index is 14.3. The van der Waals surface area contributed by atoms with E-state index in [0.717, 1.165) is 40.7 Å². The Kier molecular flexibility index (Phi) is 7.91. The maximum Gasteiger partial charge on any atom is 0.407 e. The third kappa shape index (κ3) is 5.56. The molecular weight excluding hydrogens is 562 g/mol. The molecule has 11 heteroatoms. The van der Waals surface area contributed by atoms with E-state index < -0.39 is 23.8 Å². The quantitative estimate of drug-likeness (QED) is 0.425. The predicted octanol–water partition coefficient (Wildman–Crippen LogP) is 3.47. The van der Waals surface area contributed by atoms with Crippen molar-refractivity contribution in [2.45, 2.75) is 57.3 Å². The molecule has 3 aliphatic rings. The number of para-hydroxylation sites is 1. The fourth-order valence-corrected chi connectivity index (χ4v) is 6.86. The summed E-state index contributed by atoms with van der Waals surface area (Å²) in [5, 5.41) is 3.87. The molecule has 2 saturated heterocycles. The standard InChI is InChI=1S/C33H41N5O6/c1-33(2,3)44-32(41)34-13-15-36-14-12-21(18-36)37-19-28(39)38-25(31(37)40)17-23-22-8-6-7-9-24(22)35-29(23)30(38)20-10-11-26(42-4)27(16-20)43-5/h6-11,16,21,25,30,35H,12-15,17-19H2,1-5H3,(H,34,41)/t21-,25-,30-/m1/s1. The number of methoxy groups -OCH3 is 2. The number of aromatic nitrogens is 1. The molecule has 0 bridgehead atoms. The maximum atomic E-state index is 14.3. The van der Waals surface area contributed by atoms with Crippen molar-refractivity contribution in [1.29, 1.82) is 0 Å². The fraction of sp³-hybridized carbons (Fsp3) is 0.485. The Morgan fingerprint density at radius 1 is 1.07 bits per heavy atom. The Balaban J connectivity index is 1.24. The first kappa shape index (κ1) is 29.8. The number of carbonyl (C=O) groups is 3. The van der Waals surface area contributed by atoms with E-state index in [9.17, 15) is 14.4 Å². The van der Waals surface area contributed by atoms with Gasteiger partial charge in [0.25, 0.3) is 0 Å². The summed E-state index contributed by atoms with van der Waals surface area (Å²) < 4.78 is 16.4. The van der Waals surface area contributed by atoms with Crippen LogP contribution in [0.25, 0.3) is 10.9 Å². The van der Waals surface area contributed by atoms with E-state index >= 15 is 0 Å². The average Bonchev–Trinajstić information content (AvgIpc) is 3.61. The second kappa shape index (κ2) is 11.7. The van der Waals surface area contributed by atoms with Crippen molar-refractivity contribution in [3.63, 3.8) is 0 Å². The zero-order valence-corrected chi connectivity index (χ0v) is 26.0. The Labute approximate surface area is 257 Å². The number of likely N-dealkylation sites (tertiary alicyclic amines) is 1. The highest BCUT2D eigenvalue weighted by atomic mass is 16.6. The molecule has 234 valence electrons. The van der Waals surface area contributed by atoms with Gasteiger partial charge in [0.05, 0.1) is 20.3 Å². The molecule has 3 atom stereocenters. The van der Waals surface area contributed by atoms with Crippen molar-refractivity contribution in [2.75, 3.05) is 46.9 Å². The van der Waals surface area contributed by atoms with E-state index in [1.807, 2.05) is 57.2 Å². The number of benzene rings is 2. The van der Waals surface area contributed by atoms with Gasteiger partial charge in [-0.3, -0.25) is 14.5 Å². The number of rotatable bonds is 7. The number of H-pyrrole nitrogens is 1. The second-order valence-electron chi connectivity index (χ2n) is 12.7. The van der Waals surface area contributed by atoms with E-state index in [-0.39, 0.29) is 24.4 Å². The minimum absolute atomic E-state index is 0.0234. The first-order valence-corrected chi connectivity index (χ1v) is 15.2. The topological polar surface area (TPSA) is 116 Å². The monoisotopic (exact) mass is 603 g/mol. The third-order valence-electron chi connectivity index (χ3n) is 8.80. The zero-order valence-electron chi connectivity index (χ0n) is 26.0. The average molecular weight is 604 g/mol. The SMILES string of the molecule is COc1ccc([C@@H]2c3[nH]c4ccccc4c3C[C@@H]3C(=O)N([C@@H]4CCN(CCNC(=O)OC(C)(C)C)C4)CC(=O)N23)cc1OC. The minimum Gasteiger partial charge on any atom is -0.493 e. The number of aromatic amines is 1. The van der Waals surface area contributed by atoms with Gasteiger partial charge in [-0.25, -0.2) is 4.79 Å². The summed E-state index contributed by atoms with van der Waals surface area (Å²) >= 11 is 0. The van der Waals surface area contributed by atoms with E-state index in [1.165, 1.54) is 0 Å². The van der Waals surface area contributed by atoms with Crippen LogP contribution >= 0.6 is 0 Å². The van der Waals surface area contributed by atoms with Crippen LogP contribution in [0.15, 0.2) is 42.5 Å². The lowest BCUT2D eigenvalue weighted by Crippen LogP contribution is -2.65. The molecule has 2 fully saturated rings. The van der Waals surface area contributed by atoms with E-state index in [2.05, 4.69) is 21.3 Å². The zero-order chi connectivity index (χ0) is 31.2. The third-order valence-corrected chi connectivity index (χ3v) is 8.80. The Morgan fingerprint density at radius 2 is 1.84 bits per heavy atom. The van der Waals surface area contributed by atoms with Crippen molar-refractivity contribution in [2.24, 2.45) is 0 Å². The van der Waals surface area contributed by atoms with Crippen LogP contribution in [0.3, 0.4) is 0 Å². The summed E-state index contributed by atoms with van der Waals surface area (Å²) in [5.74, 6) is 1.06. The molecule has 2 N–H and O–H groups in total. The highest BCUT2D eigenvalue weighted by Gasteiger charge is 2.50. The molecule has 0 unspecified atom stereocenters. The lowest BCUT2D eigenvalue weighted by atomic mass is 9.85. The number of ether oxygens (including phenoxy) is 3. The summed E-state index contributed by atoms with van der Waals surface area (Å²) in [6.07, 6.45) is 0.777. The van der Waals surface area contributed by atoms with Crippen molar-refractivity contribution < 1.29 is 28.6 Å². The summed E-state index contributed by atoms with van der Waals surface area (Å²) in [7, 11) is 3.18. The van der Waals surface area contributed by atoms with Gasteiger partial charge in [-0.2, -0.15) is 0 Å².